The minimum atomic E-state index is -0.512. The fourth-order valence-electron chi connectivity index (χ4n) is 7.00. The van der Waals surface area contributed by atoms with Gasteiger partial charge in [-0.3, -0.25) is 9.69 Å². The summed E-state index contributed by atoms with van der Waals surface area (Å²) in [6.45, 7) is 5.18. The average Bonchev–Trinajstić information content (AvgIpc) is 3.25. The lowest BCUT2D eigenvalue weighted by Gasteiger charge is -2.54. The van der Waals surface area contributed by atoms with Crippen LogP contribution in [0.25, 0.3) is 0 Å². The maximum absolute atomic E-state index is 13.0. The molecule has 3 unspecified atom stereocenters. The molecule has 0 radical (unpaired) electrons. The number of aromatic hydroxyl groups is 1. The molecule has 0 amide bonds. The highest BCUT2D eigenvalue weighted by Crippen LogP contribution is 2.59. The molecule has 4 atom stereocenters. The van der Waals surface area contributed by atoms with Gasteiger partial charge in [-0.15, -0.1) is 0 Å². The van der Waals surface area contributed by atoms with Gasteiger partial charge in [0.25, 0.3) is 0 Å². The van der Waals surface area contributed by atoms with Crippen molar-refractivity contribution in [2.24, 2.45) is 11.8 Å². The summed E-state index contributed by atoms with van der Waals surface area (Å²) in [6.07, 6.45) is 9.47. The van der Waals surface area contributed by atoms with E-state index in [4.69, 9.17) is 9.47 Å². The van der Waals surface area contributed by atoms with Gasteiger partial charge in [0.05, 0.1) is 18.1 Å². The summed E-state index contributed by atoms with van der Waals surface area (Å²) in [7, 11) is 0. The van der Waals surface area contributed by atoms with Crippen molar-refractivity contribution in [2.45, 2.75) is 88.4 Å². The first-order chi connectivity index (χ1) is 15.1. The van der Waals surface area contributed by atoms with Gasteiger partial charge < -0.3 is 14.6 Å². The summed E-state index contributed by atoms with van der Waals surface area (Å²) < 4.78 is 13.2. The Hall–Kier alpha value is -1.59. The first-order valence-corrected chi connectivity index (χ1v) is 12.5. The Kier molecular flexibility index (Phi) is 4.84. The number of Topliss-reactive ketones (excluding diaryl/α,β-unsaturated/α-hetero) is 1. The lowest BCUT2D eigenvalue weighted by Crippen LogP contribution is -2.65. The van der Waals surface area contributed by atoms with E-state index in [1.165, 1.54) is 44.1 Å². The Morgan fingerprint density at radius 2 is 2.00 bits per heavy atom. The molecule has 5 heteroatoms. The van der Waals surface area contributed by atoms with Crippen molar-refractivity contribution in [3.05, 3.63) is 23.3 Å². The molecule has 5 aliphatic rings. The highest BCUT2D eigenvalue weighted by atomic mass is 16.5. The van der Waals surface area contributed by atoms with Crippen LogP contribution in [0.2, 0.25) is 0 Å². The highest BCUT2D eigenvalue weighted by molar-refractivity contribution is 5.88. The topological polar surface area (TPSA) is 59.0 Å². The van der Waals surface area contributed by atoms with Crippen LogP contribution in [0, 0.1) is 11.8 Å². The van der Waals surface area contributed by atoms with Crippen molar-refractivity contribution < 1.29 is 19.4 Å². The molecule has 4 aliphatic carbocycles. The molecule has 5 nitrogen and oxygen atoms in total. The van der Waals surface area contributed by atoms with E-state index in [2.05, 4.69) is 17.9 Å². The van der Waals surface area contributed by atoms with Crippen LogP contribution < -0.4 is 4.74 Å². The van der Waals surface area contributed by atoms with Crippen LogP contribution in [0.1, 0.15) is 75.3 Å². The third-order valence-corrected chi connectivity index (χ3v) is 8.81. The summed E-state index contributed by atoms with van der Waals surface area (Å²) in [4.78, 5) is 15.6. The lowest BCUT2D eigenvalue weighted by molar-refractivity contribution is -0.169. The molecule has 0 bridgehead atoms. The van der Waals surface area contributed by atoms with Gasteiger partial charge in [0.2, 0.25) is 0 Å². The predicted molar refractivity (Wildman–Crippen MR) is 118 cm³/mol. The maximum atomic E-state index is 13.0. The zero-order valence-electron chi connectivity index (χ0n) is 18.6. The van der Waals surface area contributed by atoms with Crippen molar-refractivity contribution in [3.8, 4) is 11.5 Å². The van der Waals surface area contributed by atoms with Crippen molar-refractivity contribution in [2.75, 3.05) is 19.7 Å². The third kappa shape index (κ3) is 3.14. The smallest absolute Gasteiger partial charge is 0.174 e. The lowest BCUT2D eigenvalue weighted by atomic mass is 9.61. The van der Waals surface area contributed by atoms with E-state index < -0.39 is 11.7 Å². The van der Waals surface area contributed by atoms with Crippen molar-refractivity contribution in [3.63, 3.8) is 0 Å². The van der Waals surface area contributed by atoms with Gasteiger partial charge in [0.1, 0.15) is 0 Å². The van der Waals surface area contributed by atoms with E-state index in [1.54, 1.807) is 6.07 Å². The number of nitrogens with zero attached hydrogens (tertiary/aromatic N) is 1. The van der Waals surface area contributed by atoms with Gasteiger partial charge in [0, 0.05) is 24.6 Å². The zero-order chi connectivity index (χ0) is 21.2. The molecule has 0 aromatic heterocycles. The van der Waals surface area contributed by atoms with Crippen LogP contribution in [0.5, 0.6) is 11.5 Å². The number of likely N-dealkylation sites (N-methyl/N-ethyl adjacent to an activating group) is 1. The van der Waals surface area contributed by atoms with Gasteiger partial charge in [-0.1, -0.05) is 25.8 Å². The monoisotopic (exact) mass is 425 g/mol. The Morgan fingerprint density at radius 3 is 2.74 bits per heavy atom. The molecule has 1 aromatic carbocycles. The van der Waals surface area contributed by atoms with E-state index in [0.717, 1.165) is 44.0 Å². The second kappa shape index (κ2) is 7.48. The summed E-state index contributed by atoms with van der Waals surface area (Å²) in [5.41, 5.74) is 1.88. The Labute approximate surface area is 185 Å². The van der Waals surface area contributed by atoms with Gasteiger partial charge in [-0.2, -0.15) is 0 Å². The number of phenols is 1. The van der Waals surface area contributed by atoms with E-state index in [-0.39, 0.29) is 23.5 Å². The van der Waals surface area contributed by atoms with Crippen molar-refractivity contribution in [1.82, 2.24) is 4.90 Å². The minimum absolute atomic E-state index is 0.0979. The summed E-state index contributed by atoms with van der Waals surface area (Å²) in [5.74, 6) is 2.22. The first kappa shape index (κ1) is 20.0. The van der Waals surface area contributed by atoms with Crippen molar-refractivity contribution >= 4 is 5.78 Å². The van der Waals surface area contributed by atoms with Crippen LogP contribution in [-0.2, 0) is 16.0 Å². The largest absolute Gasteiger partial charge is 0.504 e. The van der Waals surface area contributed by atoms with Gasteiger partial charge in [-0.25, -0.2) is 0 Å². The Bertz CT molecular complexity index is 874. The second-order valence-corrected chi connectivity index (χ2v) is 10.6. The molecule has 6 rings (SSSR count). The standard InChI is InChI=1S/C26H35NO4/c1-2-27(14-16-7-8-16)21-13-18-9-10-19(28)24-22(18)23-25(31-24)20(29)11-12-26(21,23)30-15-17-5-3-4-6-17/h9-10,16-17,21,23,25,28H,2-8,11-15H2,1H3/t21-,23?,25?,26?/m1/s1. The summed E-state index contributed by atoms with van der Waals surface area (Å²) >= 11 is 0. The molecule has 1 N–H and O–H groups in total. The number of carbonyl (C=O) groups is 1. The SMILES string of the molecule is CCN(CC1CC1)[C@@H]1Cc2ccc(O)c3c2C2C(O3)C(=O)CCC21OCC1CCCC1. The van der Waals surface area contributed by atoms with Crippen LogP contribution in [0.3, 0.4) is 0 Å². The van der Waals surface area contributed by atoms with Crippen LogP contribution in [-0.4, -0.2) is 53.2 Å². The van der Waals surface area contributed by atoms with Crippen LogP contribution in [0.4, 0.5) is 0 Å². The number of rotatable bonds is 7. The number of phenolic OH excluding ortho intramolecular Hbond substituents is 1. The predicted octanol–water partition coefficient (Wildman–Crippen LogP) is 4.20. The summed E-state index contributed by atoms with van der Waals surface area (Å²) in [5, 5.41) is 10.5. The molecule has 1 heterocycles. The van der Waals surface area contributed by atoms with E-state index in [0.29, 0.717) is 18.1 Å². The number of carbonyl (C=O) groups excluding carboxylic acids is 1. The number of hydrogen-bond acceptors (Lipinski definition) is 5. The number of benzene rings is 1. The second-order valence-electron chi connectivity index (χ2n) is 10.6. The Balaban J connectivity index is 1.44. The maximum Gasteiger partial charge on any atom is 0.174 e. The number of ketones is 1. The molecule has 168 valence electrons. The van der Waals surface area contributed by atoms with E-state index in [1.807, 2.05) is 0 Å². The van der Waals surface area contributed by atoms with E-state index in [9.17, 15) is 9.90 Å². The number of ether oxygens (including phenoxy) is 2. The molecule has 1 aliphatic heterocycles. The number of hydrogen-bond donors (Lipinski definition) is 1. The normalized spacial score (nSPS) is 34.3. The Morgan fingerprint density at radius 1 is 1.19 bits per heavy atom. The highest BCUT2D eigenvalue weighted by Gasteiger charge is 2.63. The van der Waals surface area contributed by atoms with Crippen LogP contribution >= 0.6 is 0 Å². The minimum Gasteiger partial charge on any atom is -0.504 e. The van der Waals surface area contributed by atoms with E-state index >= 15 is 0 Å². The third-order valence-electron chi connectivity index (χ3n) is 8.81. The van der Waals surface area contributed by atoms with Gasteiger partial charge >= 0.3 is 0 Å². The molecule has 0 spiro atoms. The molecule has 1 aromatic rings. The fourth-order valence-corrected chi connectivity index (χ4v) is 7.00. The first-order valence-electron chi connectivity index (χ1n) is 12.5. The van der Waals surface area contributed by atoms with Crippen molar-refractivity contribution in [1.29, 1.82) is 0 Å². The fraction of sp³-hybridized carbons (Fsp3) is 0.731. The molecular formula is C26H35NO4. The molecule has 0 saturated heterocycles. The summed E-state index contributed by atoms with van der Waals surface area (Å²) in [6, 6.07) is 4.06. The van der Waals surface area contributed by atoms with Gasteiger partial charge in [0.15, 0.2) is 23.4 Å². The molecule has 3 saturated carbocycles. The molecule has 3 fully saturated rings. The molecular weight excluding hydrogens is 390 g/mol. The molecule has 31 heavy (non-hydrogen) atoms. The average molecular weight is 426 g/mol. The quantitative estimate of drug-likeness (QED) is 0.709. The van der Waals surface area contributed by atoms with Crippen LogP contribution in [0.15, 0.2) is 12.1 Å². The van der Waals surface area contributed by atoms with Gasteiger partial charge in [-0.05, 0) is 68.5 Å². The zero-order valence-corrected chi connectivity index (χ0v) is 18.6.